The van der Waals surface area contributed by atoms with Crippen LogP contribution in [-0.2, 0) is 0 Å². The molecule has 0 bridgehead atoms. The van der Waals surface area contributed by atoms with E-state index in [1.165, 1.54) is 38.5 Å². The van der Waals surface area contributed by atoms with Gasteiger partial charge in [0.25, 0.3) is 0 Å². The Labute approximate surface area is 137 Å². The van der Waals surface area contributed by atoms with Crippen molar-refractivity contribution in [2.24, 2.45) is 5.41 Å². The van der Waals surface area contributed by atoms with E-state index in [4.69, 9.17) is 16.3 Å². The van der Waals surface area contributed by atoms with Gasteiger partial charge in [-0.15, -0.1) is 0 Å². The molecule has 1 nitrogen and oxygen atoms in total. The molecule has 1 saturated carbocycles. The molecule has 1 fully saturated rings. The summed E-state index contributed by atoms with van der Waals surface area (Å²) in [5.74, 6) is 0.778. The molecule has 1 aromatic carbocycles. The van der Waals surface area contributed by atoms with E-state index in [1.807, 2.05) is 18.2 Å². The van der Waals surface area contributed by atoms with Crippen molar-refractivity contribution < 1.29 is 4.74 Å². The highest BCUT2D eigenvalue weighted by Gasteiger charge is 2.31. The molecule has 106 valence electrons. The van der Waals surface area contributed by atoms with Gasteiger partial charge in [-0.05, 0) is 31.0 Å². The Morgan fingerprint density at radius 3 is 2.47 bits per heavy atom. The second kappa shape index (κ2) is 7.33. The van der Waals surface area contributed by atoms with Crippen molar-refractivity contribution >= 4 is 43.5 Å². The maximum atomic E-state index is 6.18. The molecule has 1 aliphatic carbocycles. The third-order valence-electron chi connectivity index (χ3n) is 3.87. The molecule has 0 unspecified atom stereocenters. The number of ether oxygens (including phenoxy) is 1. The van der Waals surface area contributed by atoms with Gasteiger partial charge in [0.15, 0.2) is 0 Å². The highest BCUT2D eigenvalue weighted by molar-refractivity contribution is 9.10. The zero-order valence-corrected chi connectivity index (χ0v) is 14.9. The lowest BCUT2D eigenvalue weighted by Gasteiger charge is -2.30. The van der Waals surface area contributed by atoms with Gasteiger partial charge in [0.05, 0.1) is 11.6 Å². The van der Waals surface area contributed by atoms with E-state index in [-0.39, 0.29) is 5.41 Å². The first-order valence-electron chi connectivity index (χ1n) is 6.79. The van der Waals surface area contributed by atoms with Crippen LogP contribution >= 0.6 is 43.5 Å². The van der Waals surface area contributed by atoms with Crippen LogP contribution < -0.4 is 4.74 Å². The van der Waals surface area contributed by atoms with Gasteiger partial charge in [0, 0.05) is 15.2 Å². The van der Waals surface area contributed by atoms with Gasteiger partial charge in [-0.25, -0.2) is 0 Å². The second-order valence-corrected chi connectivity index (χ2v) is 7.29. The summed E-state index contributed by atoms with van der Waals surface area (Å²) in [4.78, 5) is 0. The molecule has 0 radical (unpaired) electrons. The zero-order valence-electron chi connectivity index (χ0n) is 10.9. The van der Waals surface area contributed by atoms with Gasteiger partial charge in [-0.2, -0.15) is 0 Å². The van der Waals surface area contributed by atoms with Crippen LogP contribution in [0.1, 0.15) is 38.5 Å². The fraction of sp³-hybridized carbons (Fsp3) is 0.600. The first kappa shape index (κ1) is 15.7. The first-order valence-corrected chi connectivity index (χ1v) is 9.08. The molecule has 1 aromatic rings. The quantitative estimate of drug-likeness (QED) is 0.423. The fourth-order valence-electron chi connectivity index (χ4n) is 2.61. The third kappa shape index (κ3) is 4.37. The first-order chi connectivity index (χ1) is 9.15. The van der Waals surface area contributed by atoms with E-state index >= 15 is 0 Å². The Morgan fingerprint density at radius 1 is 1.16 bits per heavy atom. The molecule has 0 N–H and O–H groups in total. The van der Waals surface area contributed by atoms with E-state index in [2.05, 4.69) is 31.9 Å². The summed E-state index contributed by atoms with van der Waals surface area (Å²) in [6, 6.07) is 5.75. The highest BCUT2D eigenvalue weighted by atomic mass is 79.9. The number of halogens is 3. The average molecular weight is 411 g/mol. The van der Waals surface area contributed by atoms with E-state index in [0.29, 0.717) is 5.02 Å². The minimum Gasteiger partial charge on any atom is -0.491 e. The summed E-state index contributed by atoms with van der Waals surface area (Å²) in [5, 5.41) is 1.69. The van der Waals surface area contributed by atoms with Crippen molar-refractivity contribution in [1.82, 2.24) is 0 Å². The summed E-state index contributed by atoms with van der Waals surface area (Å²) >= 11 is 13.3. The van der Waals surface area contributed by atoms with E-state index < -0.39 is 0 Å². The second-order valence-electron chi connectivity index (χ2n) is 5.41. The van der Waals surface area contributed by atoms with E-state index in [0.717, 1.165) is 22.2 Å². The molecule has 0 atom stereocenters. The van der Waals surface area contributed by atoms with Crippen LogP contribution in [0.25, 0.3) is 0 Å². The number of hydrogen-bond donors (Lipinski definition) is 0. The Hall–Kier alpha value is 0.270. The number of benzene rings is 1. The summed E-state index contributed by atoms with van der Waals surface area (Å²) in [5.41, 5.74) is 0.266. The molecule has 0 spiro atoms. The van der Waals surface area contributed by atoms with Crippen LogP contribution in [0.3, 0.4) is 0 Å². The van der Waals surface area contributed by atoms with Crippen LogP contribution in [-0.4, -0.2) is 11.9 Å². The van der Waals surface area contributed by atoms with Gasteiger partial charge in [0.2, 0.25) is 0 Å². The molecule has 1 aliphatic rings. The fourth-order valence-corrected chi connectivity index (χ4v) is 3.85. The summed E-state index contributed by atoms with van der Waals surface area (Å²) in [6.07, 6.45) is 7.80. The topological polar surface area (TPSA) is 9.23 Å². The smallest absolute Gasteiger partial charge is 0.139 e. The molecule has 0 heterocycles. The molecule has 0 aliphatic heterocycles. The van der Waals surface area contributed by atoms with Gasteiger partial charge in [0.1, 0.15) is 5.75 Å². The minimum atomic E-state index is 0.266. The maximum Gasteiger partial charge on any atom is 0.139 e. The van der Waals surface area contributed by atoms with Crippen LogP contribution in [0.5, 0.6) is 5.75 Å². The Morgan fingerprint density at radius 2 is 1.84 bits per heavy atom. The standard InChI is InChI=1S/C15H19Br2ClO/c16-10-15(7-3-1-2-4-8-15)11-19-14-9-12(17)5-6-13(14)18/h5-6,9H,1-4,7-8,10-11H2. The van der Waals surface area contributed by atoms with Crippen molar-refractivity contribution in [3.05, 3.63) is 27.7 Å². The Balaban J connectivity index is 2.04. The normalized spacial score (nSPS) is 18.9. The third-order valence-corrected chi connectivity index (χ3v) is 5.87. The van der Waals surface area contributed by atoms with Crippen molar-refractivity contribution in [2.75, 3.05) is 11.9 Å². The lowest BCUT2D eigenvalue weighted by Crippen LogP contribution is -2.30. The predicted octanol–water partition coefficient (Wildman–Crippen LogP) is 6.22. The lowest BCUT2D eigenvalue weighted by molar-refractivity contribution is 0.149. The summed E-state index contributed by atoms with van der Waals surface area (Å²) in [7, 11) is 0. The van der Waals surface area contributed by atoms with Crippen LogP contribution in [0, 0.1) is 5.41 Å². The average Bonchev–Trinajstić information content (AvgIpc) is 2.66. The lowest BCUT2D eigenvalue weighted by atomic mass is 9.83. The monoisotopic (exact) mass is 408 g/mol. The van der Waals surface area contributed by atoms with E-state index in [9.17, 15) is 0 Å². The SMILES string of the molecule is Clc1ccc(Br)cc1OCC1(CBr)CCCCCC1. The molecule has 0 saturated heterocycles. The van der Waals surface area contributed by atoms with Gasteiger partial charge in [-0.1, -0.05) is 69.1 Å². The molecular weight excluding hydrogens is 391 g/mol. The number of alkyl halides is 1. The maximum absolute atomic E-state index is 6.18. The molecule has 19 heavy (non-hydrogen) atoms. The van der Waals surface area contributed by atoms with Crippen molar-refractivity contribution in [3.63, 3.8) is 0 Å². The highest BCUT2D eigenvalue weighted by Crippen LogP contribution is 2.38. The minimum absolute atomic E-state index is 0.266. The van der Waals surface area contributed by atoms with Crippen molar-refractivity contribution in [2.45, 2.75) is 38.5 Å². The molecule has 4 heteroatoms. The number of rotatable bonds is 4. The predicted molar refractivity (Wildman–Crippen MR) is 88.6 cm³/mol. The van der Waals surface area contributed by atoms with Gasteiger partial charge < -0.3 is 4.74 Å². The molecular formula is C15H19Br2ClO. The zero-order chi connectivity index (χ0) is 13.7. The van der Waals surface area contributed by atoms with Crippen molar-refractivity contribution in [1.29, 1.82) is 0 Å². The van der Waals surface area contributed by atoms with Crippen molar-refractivity contribution in [3.8, 4) is 5.75 Å². The van der Waals surface area contributed by atoms with Crippen LogP contribution in [0.15, 0.2) is 22.7 Å². The van der Waals surface area contributed by atoms with Gasteiger partial charge in [-0.3, -0.25) is 0 Å². The van der Waals surface area contributed by atoms with Gasteiger partial charge >= 0.3 is 0 Å². The molecule has 2 rings (SSSR count). The van der Waals surface area contributed by atoms with Crippen LogP contribution in [0.2, 0.25) is 5.02 Å². The Bertz CT molecular complexity index is 415. The largest absolute Gasteiger partial charge is 0.491 e. The Kier molecular flexibility index (Phi) is 6.04. The van der Waals surface area contributed by atoms with Crippen LogP contribution in [0.4, 0.5) is 0 Å². The summed E-state index contributed by atoms with van der Waals surface area (Å²) < 4.78 is 7.02. The molecule has 0 aromatic heterocycles. The summed E-state index contributed by atoms with van der Waals surface area (Å²) in [6.45, 7) is 0.744. The number of hydrogen-bond acceptors (Lipinski definition) is 1. The molecule has 0 amide bonds. The van der Waals surface area contributed by atoms with E-state index in [1.54, 1.807) is 0 Å².